The Balaban J connectivity index is 4.23. The van der Waals surface area contributed by atoms with E-state index >= 15 is 0 Å². The average Bonchev–Trinajstić information content (AvgIpc) is 3.17. The van der Waals surface area contributed by atoms with Gasteiger partial charge in [0.15, 0.2) is 6.10 Å². The lowest BCUT2D eigenvalue weighted by Crippen LogP contribution is -2.37. The van der Waals surface area contributed by atoms with Crippen molar-refractivity contribution in [2.75, 3.05) is 47.5 Å². The van der Waals surface area contributed by atoms with Crippen molar-refractivity contribution < 1.29 is 42.1 Å². The summed E-state index contributed by atoms with van der Waals surface area (Å²) in [6.45, 7) is 4.29. The number of phosphoric acid groups is 1. The van der Waals surface area contributed by atoms with Crippen molar-refractivity contribution in [3.8, 4) is 0 Å². The molecule has 0 aliphatic rings. The Morgan fingerprint density at radius 1 is 0.466 bits per heavy atom. The van der Waals surface area contributed by atoms with Gasteiger partial charge in [-0.1, -0.05) is 219 Å². The van der Waals surface area contributed by atoms with Gasteiger partial charge in [0.1, 0.15) is 19.8 Å². The summed E-state index contributed by atoms with van der Waals surface area (Å²) >= 11 is 0. The van der Waals surface area contributed by atoms with Gasteiger partial charge in [-0.05, 0) is 12.8 Å². The molecule has 0 aliphatic heterocycles. The van der Waals surface area contributed by atoms with Gasteiger partial charge in [0.2, 0.25) is 0 Å². The number of carbonyl (C=O) groups is 2. The van der Waals surface area contributed by atoms with Crippen molar-refractivity contribution in [3.05, 3.63) is 0 Å². The van der Waals surface area contributed by atoms with Crippen LogP contribution in [0.4, 0.5) is 0 Å². The van der Waals surface area contributed by atoms with E-state index < -0.39 is 26.5 Å². The molecule has 9 nitrogen and oxygen atoms in total. The zero-order valence-corrected chi connectivity index (χ0v) is 39.9. The highest BCUT2D eigenvalue weighted by Gasteiger charge is 2.21. The summed E-state index contributed by atoms with van der Waals surface area (Å²) in [5, 5.41) is 0. The first-order chi connectivity index (χ1) is 28.0. The van der Waals surface area contributed by atoms with Gasteiger partial charge >= 0.3 is 11.9 Å². The summed E-state index contributed by atoms with van der Waals surface area (Å²) in [5.74, 6) is -0.815. The van der Waals surface area contributed by atoms with Crippen LogP contribution < -0.4 is 4.89 Å². The summed E-state index contributed by atoms with van der Waals surface area (Å²) in [6, 6.07) is 0. The maximum Gasteiger partial charge on any atom is 0.306 e. The Morgan fingerprint density at radius 3 is 1.10 bits per heavy atom. The molecule has 0 spiro atoms. The largest absolute Gasteiger partial charge is 0.756 e. The highest BCUT2D eigenvalue weighted by atomic mass is 31.2. The highest BCUT2D eigenvalue weighted by molar-refractivity contribution is 7.45. The molecule has 0 heterocycles. The Morgan fingerprint density at radius 2 is 0.776 bits per heavy atom. The van der Waals surface area contributed by atoms with Crippen LogP contribution >= 0.6 is 7.82 Å². The minimum atomic E-state index is -4.62. The first-order valence-corrected chi connectivity index (χ1v) is 26.2. The first kappa shape index (κ1) is 57.0. The molecule has 2 atom stereocenters. The van der Waals surface area contributed by atoms with Gasteiger partial charge in [0.05, 0.1) is 27.7 Å². The quantitative estimate of drug-likeness (QED) is 0.0258. The number of ether oxygens (including phenoxy) is 2. The van der Waals surface area contributed by atoms with E-state index in [1.165, 1.54) is 180 Å². The van der Waals surface area contributed by atoms with E-state index in [-0.39, 0.29) is 32.0 Å². The fourth-order valence-electron chi connectivity index (χ4n) is 7.25. The van der Waals surface area contributed by atoms with Crippen LogP contribution in [0, 0.1) is 0 Å². The van der Waals surface area contributed by atoms with E-state index in [1.807, 2.05) is 21.1 Å². The number of quaternary nitrogens is 1. The molecule has 58 heavy (non-hydrogen) atoms. The maximum atomic E-state index is 12.7. The van der Waals surface area contributed by atoms with E-state index in [2.05, 4.69) is 13.8 Å². The third-order valence-corrected chi connectivity index (χ3v) is 12.1. The molecular weight excluding hydrogens is 750 g/mol. The number of esters is 2. The molecule has 0 saturated carbocycles. The summed E-state index contributed by atoms with van der Waals surface area (Å²) in [7, 11) is 1.19. The molecule has 346 valence electrons. The van der Waals surface area contributed by atoms with Crippen LogP contribution in [0.15, 0.2) is 0 Å². The van der Waals surface area contributed by atoms with Crippen molar-refractivity contribution in [3.63, 3.8) is 0 Å². The third-order valence-electron chi connectivity index (χ3n) is 11.1. The third kappa shape index (κ3) is 44.6. The summed E-state index contributed by atoms with van der Waals surface area (Å²) in [5.41, 5.74) is 0. The molecule has 0 bridgehead atoms. The lowest BCUT2D eigenvalue weighted by atomic mass is 10.0. The van der Waals surface area contributed by atoms with E-state index in [0.29, 0.717) is 17.4 Å². The number of hydrogen-bond acceptors (Lipinski definition) is 8. The van der Waals surface area contributed by atoms with Crippen LogP contribution in [0.25, 0.3) is 0 Å². The molecule has 0 aromatic rings. The predicted molar refractivity (Wildman–Crippen MR) is 241 cm³/mol. The van der Waals surface area contributed by atoms with Crippen molar-refractivity contribution in [2.24, 2.45) is 0 Å². The van der Waals surface area contributed by atoms with Crippen molar-refractivity contribution in [1.29, 1.82) is 0 Å². The molecule has 0 radical (unpaired) electrons. The van der Waals surface area contributed by atoms with E-state index in [0.717, 1.165) is 32.1 Å². The van der Waals surface area contributed by atoms with Gasteiger partial charge in [-0.3, -0.25) is 14.2 Å². The SMILES string of the molecule is CCCCCCCCCCCCCCCCCCCC(=O)OC[C@@H](COP(=O)([O-])OCC[N+](C)(C)C)OC(=O)CCCCCCCCCCCCCCCCCCC. The van der Waals surface area contributed by atoms with Crippen LogP contribution in [0.1, 0.15) is 245 Å². The molecule has 0 saturated heterocycles. The van der Waals surface area contributed by atoms with Gasteiger partial charge < -0.3 is 27.9 Å². The van der Waals surface area contributed by atoms with Crippen molar-refractivity contribution in [2.45, 2.75) is 251 Å². The number of hydrogen-bond donors (Lipinski definition) is 0. The van der Waals surface area contributed by atoms with E-state index in [1.54, 1.807) is 0 Å². The summed E-state index contributed by atoms with van der Waals surface area (Å²) in [6.07, 6.45) is 42.6. The van der Waals surface area contributed by atoms with Gasteiger partial charge in [-0.25, -0.2) is 0 Å². The number of phosphoric ester groups is 1. The summed E-state index contributed by atoms with van der Waals surface area (Å²) < 4.78 is 34.0. The fourth-order valence-corrected chi connectivity index (χ4v) is 7.97. The standard InChI is InChI=1S/C48H96NO8P/c1-6-8-10-12-14-16-18-20-22-24-26-28-30-32-34-36-38-40-47(50)54-44-46(45-56-58(52,53)55-43-42-49(3,4)5)57-48(51)41-39-37-35-33-31-29-27-25-23-21-19-17-15-13-11-9-7-2/h46H,6-45H2,1-5H3/t46-/m0/s1. The molecule has 0 rings (SSSR count). The van der Waals surface area contributed by atoms with E-state index in [9.17, 15) is 19.0 Å². The lowest BCUT2D eigenvalue weighted by Gasteiger charge is -2.28. The Kier molecular flexibility index (Phi) is 40.7. The monoisotopic (exact) mass is 846 g/mol. The fraction of sp³-hybridized carbons (Fsp3) is 0.958. The second kappa shape index (κ2) is 41.4. The molecule has 0 aliphatic carbocycles. The molecule has 0 amide bonds. The molecule has 0 aromatic heterocycles. The average molecular weight is 846 g/mol. The van der Waals surface area contributed by atoms with Crippen LogP contribution in [-0.4, -0.2) is 70.0 Å². The van der Waals surface area contributed by atoms with Crippen LogP contribution in [0.2, 0.25) is 0 Å². The molecular formula is C48H96NO8P. The van der Waals surface area contributed by atoms with Gasteiger partial charge in [-0.15, -0.1) is 0 Å². The molecule has 0 N–H and O–H groups in total. The second-order valence-electron chi connectivity index (χ2n) is 18.2. The molecule has 0 aromatic carbocycles. The zero-order chi connectivity index (χ0) is 42.8. The van der Waals surface area contributed by atoms with Crippen LogP contribution in [0.5, 0.6) is 0 Å². The van der Waals surface area contributed by atoms with Crippen molar-refractivity contribution in [1.82, 2.24) is 0 Å². The zero-order valence-electron chi connectivity index (χ0n) is 39.0. The Hall–Kier alpha value is -0.990. The normalized spacial score (nSPS) is 13.4. The first-order valence-electron chi connectivity index (χ1n) is 24.7. The second-order valence-corrected chi connectivity index (χ2v) is 19.6. The molecule has 1 unspecified atom stereocenters. The smallest absolute Gasteiger partial charge is 0.306 e. The predicted octanol–water partition coefficient (Wildman–Crippen LogP) is 13.7. The van der Waals surface area contributed by atoms with Gasteiger partial charge in [0, 0.05) is 12.8 Å². The number of rotatable bonds is 46. The van der Waals surface area contributed by atoms with Gasteiger partial charge in [0.25, 0.3) is 7.82 Å². The molecule has 0 fully saturated rings. The minimum Gasteiger partial charge on any atom is -0.756 e. The number of carbonyl (C=O) groups excluding carboxylic acids is 2. The number of unbranched alkanes of at least 4 members (excludes halogenated alkanes) is 32. The van der Waals surface area contributed by atoms with Crippen LogP contribution in [0.3, 0.4) is 0 Å². The highest BCUT2D eigenvalue weighted by Crippen LogP contribution is 2.38. The molecule has 10 heteroatoms. The minimum absolute atomic E-state index is 0.0254. The number of likely N-dealkylation sites (N-methyl/N-ethyl adjacent to an activating group) is 1. The van der Waals surface area contributed by atoms with E-state index in [4.69, 9.17) is 18.5 Å². The maximum absolute atomic E-state index is 12.7. The van der Waals surface area contributed by atoms with Crippen LogP contribution in [-0.2, 0) is 32.7 Å². The van der Waals surface area contributed by atoms with Gasteiger partial charge in [-0.2, -0.15) is 0 Å². The Labute approximate surface area is 359 Å². The summed E-state index contributed by atoms with van der Waals surface area (Å²) in [4.78, 5) is 37.6. The lowest BCUT2D eigenvalue weighted by molar-refractivity contribution is -0.870. The topological polar surface area (TPSA) is 111 Å². The van der Waals surface area contributed by atoms with Crippen molar-refractivity contribution >= 4 is 19.8 Å². The number of nitrogens with zero attached hydrogens (tertiary/aromatic N) is 1. The Bertz CT molecular complexity index is 958.